The van der Waals surface area contributed by atoms with E-state index in [9.17, 15) is 18.4 Å². The van der Waals surface area contributed by atoms with Gasteiger partial charge in [0.05, 0.1) is 18.9 Å². The third kappa shape index (κ3) is 4.89. The second-order valence-electron chi connectivity index (χ2n) is 7.39. The Morgan fingerprint density at radius 1 is 1.12 bits per heavy atom. The number of nitrogens with one attached hydrogen (secondary N) is 1. The number of hydrogen-bond donors (Lipinski definition) is 2. The number of rotatable bonds is 6. The van der Waals surface area contributed by atoms with Crippen molar-refractivity contribution in [1.82, 2.24) is 24.6 Å². The fourth-order valence-electron chi connectivity index (χ4n) is 3.53. The molecule has 0 saturated carbocycles. The van der Waals surface area contributed by atoms with Gasteiger partial charge in [0.15, 0.2) is 0 Å². The van der Waals surface area contributed by atoms with Gasteiger partial charge in [-0.3, -0.25) is 4.79 Å². The highest BCUT2D eigenvalue weighted by molar-refractivity contribution is 5.94. The smallest absolute Gasteiger partial charge is 0.349 e. The van der Waals surface area contributed by atoms with Gasteiger partial charge in [-0.1, -0.05) is 18.2 Å². The number of ether oxygens (including phenoxy) is 1. The molecule has 1 fully saturated rings. The minimum atomic E-state index is -1.90. The Hall–Kier alpha value is -3.70. The maximum Gasteiger partial charge on any atom is 0.349 e. The second-order valence-corrected chi connectivity index (χ2v) is 7.39. The molecule has 33 heavy (non-hydrogen) atoms. The van der Waals surface area contributed by atoms with Crippen molar-refractivity contribution in [3.63, 3.8) is 0 Å². The van der Waals surface area contributed by atoms with Gasteiger partial charge in [0.1, 0.15) is 11.6 Å². The topological polar surface area (TPSA) is 119 Å². The molecule has 0 spiro atoms. The van der Waals surface area contributed by atoms with Crippen molar-refractivity contribution in [2.75, 3.05) is 32.8 Å². The van der Waals surface area contributed by atoms with Gasteiger partial charge in [0.25, 0.3) is 12.0 Å². The van der Waals surface area contributed by atoms with Crippen LogP contribution in [0.2, 0.25) is 0 Å². The molecule has 1 aliphatic heterocycles. The molecule has 3 N–H and O–H groups in total. The molecule has 1 amide bonds. The van der Waals surface area contributed by atoms with Crippen LogP contribution in [0.3, 0.4) is 0 Å². The van der Waals surface area contributed by atoms with E-state index in [-0.39, 0.29) is 36.1 Å². The van der Waals surface area contributed by atoms with Crippen molar-refractivity contribution < 1.29 is 18.3 Å². The summed E-state index contributed by atoms with van der Waals surface area (Å²) in [6.07, 6.45) is -2.19. The van der Waals surface area contributed by atoms with E-state index in [0.717, 1.165) is 10.1 Å². The van der Waals surface area contributed by atoms with Crippen LogP contribution in [-0.2, 0) is 11.2 Å². The fraction of sp³-hybridized carbons (Fsp3) is 0.273. The highest BCUT2D eigenvalue weighted by Crippen LogP contribution is 2.21. The van der Waals surface area contributed by atoms with Crippen molar-refractivity contribution >= 4 is 5.91 Å². The predicted octanol–water partition coefficient (Wildman–Crippen LogP) is 1.75. The fourth-order valence-corrected chi connectivity index (χ4v) is 3.53. The zero-order chi connectivity index (χ0) is 23.4. The summed E-state index contributed by atoms with van der Waals surface area (Å²) in [6.45, 7) is 1.80. The van der Waals surface area contributed by atoms with Crippen molar-refractivity contribution in [3.8, 4) is 17.1 Å². The van der Waals surface area contributed by atoms with Crippen LogP contribution >= 0.6 is 0 Å². The SMILES string of the molecule is NCC(Cc1n[nH]c(=O)n1-c1cccc(-c2ccc(C(=O)N3CCOCC3)cc2)n1)=C(F)F. The molecule has 1 saturated heterocycles. The van der Waals surface area contributed by atoms with Crippen LogP contribution in [0.25, 0.3) is 17.1 Å². The van der Waals surface area contributed by atoms with E-state index in [2.05, 4.69) is 15.2 Å². The first kappa shape index (κ1) is 22.5. The number of aromatic nitrogens is 4. The molecule has 0 aliphatic carbocycles. The number of aromatic amines is 1. The minimum Gasteiger partial charge on any atom is -0.378 e. The molecule has 0 atom stereocenters. The van der Waals surface area contributed by atoms with E-state index in [1.165, 1.54) is 0 Å². The Labute approximate surface area is 187 Å². The highest BCUT2D eigenvalue weighted by atomic mass is 19.3. The maximum atomic E-state index is 13.0. The van der Waals surface area contributed by atoms with Gasteiger partial charge in [0.2, 0.25) is 0 Å². The van der Waals surface area contributed by atoms with Crippen molar-refractivity contribution in [2.24, 2.45) is 5.73 Å². The third-order valence-electron chi connectivity index (χ3n) is 5.32. The lowest BCUT2D eigenvalue weighted by molar-refractivity contribution is 0.0303. The maximum absolute atomic E-state index is 13.0. The van der Waals surface area contributed by atoms with Crippen LogP contribution in [0.4, 0.5) is 8.78 Å². The van der Waals surface area contributed by atoms with Gasteiger partial charge in [0, 0.05) is 42.8 Å². The van der Waals surface area contributed by atoms with Crippen LogP contribution in [0.1, 0.15) is 16.2 Å². The largest absolute Gasteiger partial charge is 0.378 e. The lowest BCUT2D eigenvalue weighted by Crippen LogP contribution is -2.40. The van der Waals surface area contributed by atoms with Crippen LogP contribution in [0, 0.1) is 0 Å². The summed E-state index contributed by atoms with van der Waals surface area (Å²) < 4.78 is 32.5. The first-order valence-corrected chi connectivity index (χ1v) is 10.3. The Morgan fingerprint density at radius 2 is 1.85 bits per heavy atom. The number of carbonyl (C=O) groups is 1. The monoisotopic (exact) mass is 456 g/mol. The Morgan fingerprint density at radius 3 is 2.52 bits per heavy atom. The average molecular weight is 456 g/mol. The van der Waals surface area contributed by atoms with Crippen molar-refractivity contribution in [1.29, 1.82) is 0 Å². The number of carbonyl (C=O) groups excluding carboxylic acids is 1. The second kappa shape index (κ2) is 9.84. The summed E-state index contributed by atoms with van der Waals surface area (Å²) in [6, 6.07) is 12.0. The van der Waals surface area contributed by atoms with Crippen LogP contribution < -0.4 is 11.4 Å². The molecule has 9 nitrogen and oxygen atoms in total. The molecule has 2 aromatic heterocycles. The predicted molar refractivity (Wildman–Crippen MR) is 116 cm³/mol. The summed E-state index contributed by atoms with van der Waals surface area (Å²) in [4.78, 5) is 31.2. The summed E-state index contributed by atoms with van der Waals surface area (Å²) in [7, 11) is 0. The van der Waals surface area contributed by atoms with Gasteiger partial charge in [-0.2, -0.15) is 13.9 Å². The standard InChI is InChI=1S/C22H22F2N6O3/c23-20(24)16(13-25)12-19-27-28-22(32)30(19)18-3-1-2-17(26-18)14-4-6-15(7-5-14)21(31)29-8-10-33-11-9-29/h1-7H,8-13,25H2,(H,28,32). The van der Waals surface area contributed by atoms with E-state index in [1.54, 1.807) is 47.4 Å². The van der Waals surface area contributed by atoms with Gasteiger partial charge >= 0.3 is 5.69 Å². The van der Waals surface area contributed by atoms with Crippen molar-refractivity contribution in [3.05, 3.63) is 76.0 Å². The number of hydrogen-bond acceptors (Lipinski definition) is 6. The average Bonchev–Trinajstić information content (AvgIpc) is 3.22. The molecule has 3 heterocycles. The summed E-state index contributed by atoms with van der Waals surface area (Å²) in [5.41, 5.74) is 6.30. The molecule has 11 heteroatoms. The highest BCUT2D eigenvalue weighted by Gasteiger charge is 2.19. The van der Waals surface area contributed by atoms with Crippen LogP contribution in [-0.4, -0.2) is 63.4 Å². The van der Waals surface area contributed by atoms with Crippen molar-refractivity contribution in [2.45, 2.75) is 6.42 Å². The van der Waals surface area contributed by atoms with Gasteiger partial charge in [-0.15, -0.1) is 0 Å². The molecule has 1 aliphatic rings. The molecule has 0 bridgehead atoms. The molecule has 4 rings (SSSR count). The number of nitrogens with two attached hydrogens (primary N) is 1. The molecule has 0 unspecified atom stereocenters. The third-order valence-corrected chi connectivity index (χ3v) is 5.32. The molecular formula is C22H22F2N6O3. The van der Waals surface area contributed by atoms with E-state index in [4.69, 9.17) is 10.5 Å². The summed E-state index contributed by atoms with van der Waals surface area (Å²) >= 11 is 0. The number of morpholine rings is 1. The van der Waals surface area contributed by atoms with Gasteiger partial charge < -0.3 is 15.4 Å². The van der Waals surface area contributed by atoms with E-state index < -0.39 is 11.8 Å². The number of amides is 1. The molecule has 172 valence electrons. The number of nitrogens with zero attached hydrogens (tertiary/aromatic N) is 4. The molecule has 3 aromatic rings. The summed E-state index contributed by atoms with van der Waals surface area (Å²) in [5, 5.41) is 6.12. The van der Waals surface area contributed by atoms with E-state index in [1.807, 2.05) is 0 Å². The zero-order valence-electron chi connectivity index (χ0n) is 17.6. The molecule has 0 radical (unpaired) electrons. The Balaban J connectivity index is 1.60. The lowest BCUT2D eigenvalue weighted by atomic mass is 10.1. The van der Waals surface area contributed by atoms with Crippen LogP contribution in [0.15, 0.2) is 58.9 Å². The minimum absolute atomic E-state index is 0.0648. The normalized spacial score (nSPS) is 13.7. The van der Waals surface area contributed by atoms with E-state index >= 15 is 0 Å². The van der Waals surface area contributed by atoms with Crippen LogP contribution in [0.5, 0.6) is 0 Å². The number of halogens is 2. The Kier molecular flexibility index (Phi) is 6.71. The first-order valence-electron chi connectivity index (χ1n) is 10.3. The zero-order valence-corrected chi connectivity index (χ0v) is 17.6. The quantitative estimate of drug-likeness (QED) is 0.583. The van der Waals surface area contributed by atoms with E-state index in [0.29, 0.717) is 37.6 Å². The van der Waals surface area contributed by atoms with Gasteiger partial charge in [-0.25, -0.2) is 19.4 Å². The number of H-pyrrole nitrogens is 1. The number of benzene rings is 1. The lowest BCUT2D eigenvalue weighted by Gasteiger charge is -2.26. The Bertz CT molecular complexity index is 1230. The number of pyridine rings is 1. The molecular weight excluding hydrogens is 434 g/mol. The first-order chi connectivity index (χ1) is 16.0. The summed E-state index contributed by atoms with van der Waals surface area (Å²) in [5.74, 6) is 0.236. The van der Waals surface area contributed by atoms with Gasteiger partial charge in [-0.05, 0) is 24.3 Å². The molecule has 1 aromatic carbocycles.